The number of nitrogens with zero attached hydrogens (tertiary/aromatic N) is 3. The van der Waals surface area contributed by atoms with Crippen LogP contribution in [0.2, 0.25) is 0 Å². The lowest BCUT2D eigenvalue weighted by Crippen LogP contribution is -2.13. The number of esters is 1. The summed E-state index contributed by atoms with van der Waals surface area (Å²) in [5.41, 5.74) is 0.867. The number of benzene rings is 2. The van der Waals surface area contributed by atoms with E-state index < -0.39 is 5.97 Å². The van der Waals surface area contributed by atoms with E-state index in [0.717, 1.165) is 0 Å². The summed E-state index contributed by atoms with van der Waals surface area (Å²) in [4.78, 5) is 17.2. The molecule has 142 valence electrons. The van der Waals surface area contributed by atoms with E-state index in [1.54, 1.807) is 30.3 Å². The van der Waals surface area contributed by atoms with Gasteiger partial charge in [-0.3, -0.25) is 0 Å². The fourth-order valence-electron chi connectivity index (χ4n) is 2.46. The molecule has 3 rings (SSSR count). The zero-order valence-corrected chi connectivity index (χ0v) is 16.0. The average Bonchev–Trinajstić information content (AvgIpc) is 3.19. The third-order valence-electron chi connectivity index (χ3n) is 3.97. The highest BCUT2D eigenvalue weighted by atomic mass is 16.6. The Balaban J connectivity index is 1.94. The van der Waals surface area contributed by atoms with Gasteiger partial charge < -0.3 is 14.0 Å². The Morgan fingerprint density at radius 3 is 2.54 bits per heavy atom. The minimum Gasteiger partial charge on any atom is -0.493 e. The van der Waals surface area contributed by atoms with Crippen LogP contribution in [-0.2, 0) is 5.41 Å². The smallest absolute Gasteiger partial charge is 0.344 e. The Morgan fingerprint density at radius 2 is 1.89 bits per heavy atom. The van der Waals surface area contributed by atoms with E-state index in [0.29, 0.717) is 17.0 Å². The van der Waals surface area contributed by atoms with Gasteiger partial charge in [-0.25, -0.2) is 4.79 Å². The number of carbonyl (C=O) groups excluding carboxylic acids is 1. The van der Waals surface area contributed by atoms with Crippen LogP contribution in [0.5, 0.6) is 11.5 Å². The van der Waals surface area contributed by atoms with Crippen LogP contribution in [0.15, 0.2) is 47.0 Å². The number of hydrogen-bond donors (Lipinski definition) is 0. The SMILES string of the molecule is COc1cc(C#N)ccc1OC(=O)c1ccccc1-c1nc(C(C)(C)C)no1. The van der Waals surface area contributed by atoms with Gasteiger partial charge in [0.15, 0.2) is 17.3 Å². The normalized spacial score (nSPS) is 11.0. The topological polar surface area (TPSA) is 98.2 Å². The van der Waals surface area contributed by atoms with Gasteiger partial charge in [-0.05, 0) is 24.3 Å². The van der Waals surface area contributed by atoms with Gasteiger partial charge in [0, 0.05) is 11.5 Å². The zero-order chi connectivity index (χ0) is 20.3. The van der Waals surface area contributed by atoms with Gasteiger partial charge in [0.25, 0.3) is 5.89 Å². The molecule has 0 aliphatic heterocycles. The van der Waals surface area contributed by atoms with Crippen molar-refractivity contribution < 1.29 is 18.8 Å². The molecule has 0 saturated carbocycles. The van der Waals surface area contributed by atoms with Gasteiger partial charge in [-0.15, -0.1) is 0 Å². The number of hydrogen-bond acceptors (Lipinski definition) is 7. The van der Waals surface area contributed by atoms with Crippen molar-refractivity contribution in [1.29, 1.82) is 5.26 Å². The first-order valence-electron chi connectivity index (χ1n) is 8.57. The summed E-state index contributed by atoms with van der Waals surface area (Å²) in [5, 5.41) is 13.0. The first-order valence-corrected chi connectivity index (χ1v) is 8.57. The Morgan fingerprint density at radius 1 is 1.14 bits per heavy atom. The maximum absolute atomic E-state index is 12.8. The number of carbonyl (C=O) groups is 1. The molecule has 7 nitrogen and oxygen atoms in total. The first-order chi connectivity index (χ1) is 13.3. The molecule has 0 N–H and O–H groups in total. The summed E-state index contributed by atoms with van der Waals surface area (Å²) in [5.74, 6) is 0.678. The predicted octanol–water partition coefficient (Wildman–Crippen LogP) is 4.13. The Labute approximate surface area is 162 Å². The van der Waals surface area contributed by atoms with Crippen LogP contribution >= 0.6 is 0 Å². The van der Waals surface area contributed by atoms with E-state index in [1.807, 2.05) is 26.8 Å². The largest absolute Gasteiger partial charge is 0.493 e. The van der Waals surface area contributed by atoms with Crippen LogP contribution in [0.4, 0.5) is 0 Å². The highest BCUT2D eigenvalue weighted by Crippen LogP contribution is 2.31. The molecular formula is C21H19N3O4. The molecule has 0 saturated heterocycles. The lowest BCUT2D eigenvalue weighted by Gasteiger charge is -2.11. The second-order valence-electron chi connectivity index (χ2n) is 7.09. The molecule has 0 radical (unpaired) electrons. The summed E-state index contributed by atoms with van der Waals surface area (Å²) in [7, 11) is 1.44. The minimum atomic E-state index is -0.603. The number of ether oxygens (including phenoxy) is 2. The fourth-order valence-corrected chi connectivity index (χ4v) is 2.46. The molecule has 28 heavy (non-hydrogen) atoms. The van der Waals surface area contributed by atoms with E-state index in [-0.39, 0.29) is 28.4 Å². The summed E-state index contributed by atoms with van der Waals surface area (Å²) >= 11 is 0. The van der Waals surface area contributed by atoms with Crippen molar-refractivity contribution in [1.82, 2.24) is 10.1 Å². The molecule has 0 spiro atoms. The van der Waals surface area contributed by atoms with Crippen molar-refractivity contribution in [2.75, 3.05) is 7.11 Å². The van der Waals surface area contributed by atoms with Crippen LogP contribution in [-0.4, -0.2) is 23.2 Å². The summed E-state index contributed by atoms with van der Waals surface area (Å²) in [6, 6.07) is 13.4. The van der Waals surface area contributed by atoms with E-state index in [9.17, 15) is 4.79 Å². The molecule has 1 heterocycles. The third kappa shape index (κ3) is 3.86. The maximum Gasteiger partial charge on any atom is 0.344 e. The lowest BCUT2D eigenvalue weighted by molar-refractivity contribution is 0.0730. The molecule has 7 heteroatoms. The summed E-state index contributed by atoms with van der Waals surface area (Å²) in [6.07, 6.45) is 0. The van der Waals surface area contributed by atoms with Crippen molar-refractivity contribution in [3.63, 3.8) is 0 Å². The summed E-state index contributed by atoms with van der Waals surface area (Å²) < 4.78 is 16.1. The Kier molecular flexibility index (Phi) is 5.14. The molecule has 0 fully saturated rings. The molecule has 2 aromatic carbocycles. The first kappa shape index (κ1) is 19.1. The maximum atomic E-state index is 12.8. The van der Waals surface area contributed by atoms with Crippen molar-refractivity contribution in [3.8, 4) is 29.0 Å². The van der Waals surface area contributed by atoms with Crippen molar-refractivity contribution in [2.24, 2.45) is 0 Å². The van der Waals surface area contributed by atoms with E-state index in [4.69, 9.17) is 19.3 Å². The van der Waals surface area contributed by atoms with E-state index >= 15 is 0 Å². The van der Waals surface area contributed by atoms with Crippen LogP contribution in [0, 0.1) is 11.3 Å². The van der Waals surface area contributed by atoms with Crippen LogP contribution in [0.25, 0.3) is 11.5 Å². The van der Waals surface area contributed by atoms with Gasteiger partial charge >= 0.3 is 5.97 Å². The highest BCUT2D eigenvalue weighted by molar-refractivity contribution is 5.97. The van der Waals surface area contributed by atoms with Gasteiger partial charge in [0.2, 0.25) is 0 Å². The van der Waals surface area contributed by atoms with Gasteiger partial charge in [-0.2, -0.15) is 10.2 Å². The number of aromatic nitrogens is 2. The molecule has 1 aromatic heterocycles. The average molecular weight is 377 g/mol. The van der Waals surface area contributed by atoms with Crippen molar-refractivity contribution in [2.45, 2.75) is 26.2 Å². The second-order valence-corrected chi connectivity index (χ2v) is 7.09. The van der Waals surface area contributed by atoms with Crippen LogP contribution < -0.4 is 9.47 Å². The standard InChI is InChI=1S/C21H19N3O4/c1-21(2,3)20-23-18(28-24-20)14-7-5-6-8-15(14)19(25)27-16-10-9-13(12-22)11-17(16)26-4/h5-11H,1-4H3. The molecule has 0 amide bonds. The third-order valence-corrected chi connectivity index (χ3v) is 3.97. The van der Waals surface area contributed by atoms with Gasteiger partial charge in [0.1, 0.15) is 0 Å². The quantitative estimate of drug-likeness (QED) is 0.498. The van der Waals surface area contributed by atoms with E-state index in [2.05, 4.69) is 10.1 Å². The molecule has 0 unspecified atom stereocenters. The van der Waals surface area contributed by atoms with Crippen LogP contribution in [0.3, 0.4) is 0 Å². The zero-order valence-electron chi connectivity index (χ0n) is 16.0. The molecule has 0 atom stereocenters. The van der Waals surface area contributed by atoms with Crippen molar-refractivity contribution >= 4 is 5.97 Å². The number of nitriles is 1. The molecule has 0 aliphatic rings. The Bertz CT molecular complexity index is 1060. The van der Waals surface area contributed by atoms with Gasteiger partial charge in [0.05, 0.1) is 29.9 Å². The number of methoxy groups -OCH3 is 1. The fraction of sp³-hybridized carbons (Fsp3) is 0.238. The monoisotopic (exact) mass is 377 g/mol. The summed E-state index contributed by atoms with van der Waals surface area (Å²) in [6.45, 7) is 5.91. The predicted molar refractivity (Wildman–Crippen MR) is 101 cm³/mol. The minimum absolute atomic E-state index is 0.210. The lowest BCUT2D eigenvalue weighted by atomic mass is 9.96. The van der Waals surface area contributed by atoms with Crippen LogP contribution in [0.1, 0.15) is 42.5 Å². The van der Waals surface area contributed by atoms with Gasteiger partial charge in [-0.1, -0.05) is 38.1 Å². The molecule has 0 bridgehead atoms. The molecule has 0 aliphatic carbocycles. The molecular weight excluding hydrogens is 358 g/mol. The molecule has 3 aromatic rings. The number of rotatable bonds is 4. The highest BCUT2D eigenvalue weighted by Gasteiger charge is 2.24. The van der Waals surface area contributed by atoms with Crippen molar-refractivity contribution in [3.05, 3.63) is 59.4 Å². The van der Waals surface area contributed by atoms with E-state index in [1.165, 1.54) is 19.2 Å². The Hall–Kier alpha value is -3.66. The second kappa shape index (κ2) is 7.53.